The number of nitrogens with one attached hydrogen (secondary N) is 1. The Labute approximate surface area is 102 Å². The molecule has 2 aromatic rings. The standard InChI is InChI=1S/C11H10FN3OS/c1-7-8(16)2-3-9(11(7)12)17-15-10-4-5-13-6-14-10/h2-6,16H,1H3,(H,13,14,15). The van der Waals surface area contributed by atoms with Crippen LogP contribution in [-0.2, 0) is 0 Å². The van der Waals surface area contributed by atoms with Crippen LogP contribution in [0.3, 0.4) is 0 Å². The van der Waals surface area contributed by atoms with Crippen molar-refractivity contribution >= 4 is 17.8 Å². The third kappa shape index (κ3) is 2.65. The van der Waals surface area contributed by atoms with Crippen LogP contribution in [0.5, 0.6) is 5.75 Å². The summed E-state index contributed by atoms with van der Waals surface area (Å²) in [6.07, 6.45) is 3.00. The Morgan fingerprint density at radius 3 is 2.88 bits per heavy atom. The SMILES string of the molecule is Cc1c(O)ccc(SNc2ccncn2)c1F. The number of aromatic hydroxyl groups is 1. The Kier molecular flexibility index (Phi) is 3.43. The molecule has 0 aliphatic heterocycles. The van der Waals surface area contributed by atoms with Gasteiger partial charge in [-0.2, -0.15) is 0 Å². The Morgan fingerprint density at radius 1 is 1.35 bits per heavy atom. The van der Waals surface area contributed by atoms with Crippen LogP contribution in [0.25, 0.3) is 0 Å². The van der Waals surface area contributed by atoms with E-state index in [0.717, 1.165) is 11.9 Å². The summed E-state index contributed by atoms with van der Waals surface area (Å²) in [6.45, 7) is 1.53. The topological polar surface area (TPSA) is 58.0 Å². The van der Waals surface area contributed by atoms with E-state index in [1.54, 1.807) is 12.3 Å². The number of halogens is 1. The minimum absolute atomic E-state index is 0.0473. The molecule has 1 aromatic heterocycles. The number of phenolic OH excluding ortho intramolecular Hbond substituents is 1. The second-order valence-corrected chi connectivity index (χ2v) is 4.17. The molecule has 4 nitrogen and oxygen atoms in total. The average Bonchev–Trinajstić information content (AvgIpc) is 2.36. The number of anilines is 1. The summed E-state index contributed by atoms with van der Waals surface area (Å²) in [5.41, 5.74) is 0.236. The highest BCUT2D eigenvalue weighted by atomic mass is 32.2. The van der Waals surface area contributed by atoms with Gasteiger partial charge in [0.2, 0.25) is 0 Å². The number of nitrogens with zero attached hydrogens (tertiary/aromatic N) is 2. The van der Waals surface area contributed by atoms with Crippen LogP contribution < -0.4 is 4.72 Å². The van der Waals surface area contributed by atoms with Crippen molar-refractivity contribution in [2.75, 3.05) is 4.72 Å². The molecule has 2 N–H and O–H groups in total. The van der Waals surface area contributed by atoms with E-state index in [-0.39, 0.29) is 11.3 Å². The number of aromatic nitrogens is 2. The Bertz CT molecular complexity index is 522. The summed E-state index contributed by atoms with van der Waals surface area (Å²) >= 11 is 1.10. The Balaban J connectivity index is 2.13. The van der Waals surface area contributed by atoms with Gasteiger partial charge >= 0.3 is 0 Å². The Hall–Kier alpha value is -1.82. The number of benzene rings is 1. The monoisotopic (exact) mass is 251 g/mol. The van der Waals surface area contributed by atoms with Gasteiger partial charge in [0.15, 0.2) is 0 Å². The average molecular weight is 251 g/mol. The smallest absolute Gasteiger partial charge is 0.145 e. The molecular formula is C11H10FN3OS. The fourth-order valence-electron chi connectivity index (χ4n) is 1.19. The van der Waals surface area contributed by atoms with Gasteiger partial charge in [-0.25, -0.2) is 14.4 Å². The van der Waals surface area contributed by atoms with Crippen LogP contribution in [0.1, 0.15) is 5.56 Å². The highest BCUT2D eigenvalue weighted by Gasteiger charge is 2.09. The van der Waals surface area contributed by atoms with Crippen molar-refractivity contribution in [2.24, 2.45) is 0 Å². The summed E-state index contributed by atoms with van der Waals surface area (Å²) in [5, 5.41) is 9.32. The fourth-order valence-corrected chi connectivity index (χ4v) is 1.90. The molecule has 0 atom stereocenters. The number of rotatable bonds is 3. The van der Waals surface area contributed by atoms with Gasteiger partial charge in [-0.3, -0.25) is 0 Å². The van der Waals surface area contributed by atoms with Crippen molar-refractivity contribution in [1.29, 1.82) is 0 Å². The van der Waals surface area contributed by atoms with E-state index in [4.69, 9.17) is 0 Å². The van der Waals surface area contributed by atoms with Crippen molar-refractivity contribution in [3.63, 3.8) is 0 Å². The molecule has 17 heavy (non-hydrogen) atoms. The van der Waals surface area contributed by atoms with E-state index in [1.165, 1.54) is 25.4 Å². The van der Waals surface area contributed by atoms with Crippen molar-refractivity contribution in [3.05, 3.63) is 42.1 Å². The number of hydrogen-bond donors (Lipinski definition) is 2. The van der Waals surface area contributed by atoms with Crippen LogP contribution >= 0.6 is 11.9 Å². The van der Waals surface area contributed by atoms with Crippen molar-refractivity contribution in [1.82, 2.24) is 9.97 Å². The van der Waals surface area contributed by atoms with Crippen molar-refractivity contribution in [3.8, 4) is 5.75 Å². The highest BCUT2D eigenvalue weighted by Crippen LogP contribution is 2.29. The lowest BCUT2D eigenvalue weighted by atomic mass is 10.2. The van der Waals surface area contributed by atoms with Gasteiger partial charge in [-0.05, 0) is 37.1 Å². The van der Waals surface area contributed by atoms with E-state index in [1.807, 2.05) is 0 Å². The van der Waals surface area contributed by atoms with E-state index >= 15 is 0 Å². The minimum atomic E-state index is -0.434. The number of phenols is 1. The molecule has 0 saturated heterocycles. The normalized spacial score (nSPS) is 10.2. The second-order valence-electron chi connectivity index (χ2n) is 3.32. The van der Waals surface area contributed by atoms with Gasteiger partial charge in [0.1, 0.15) is 23.7 Å². The molecule has 0 spiro atoms. The first kappa shape index (κ1) is 11.7. The zero-order valence-corrected chi connectivity index (χ0v) is 9.83. The third-order valence-electron chi connectivity index (χ3n) is 2.17. The van der Waals surface area contributed by atoms with Gasteiger partial charge in [-0.15, -0.1) is 0 Å². The largest absolute Gasteiger partial charge is 0.508 e. The molecule has 0 saturated carbocycles. The zero-order valence-electron chi connectivity index (χ0n) is 9.01. The van der Waals surface area contributed by atoms with Gasteiger partial charge in [0.25, 0.3) is 0 Å². The molecule has 1 aromatic carbocycles. The summed E-state index contributed by atoms with van der Waals surface area (Å²) in [7, 11) is 0. The molecular weight excluding hydrogens is 241 g/mol. The first-order chi connectivity index (χ1) is 8.18. The first-order valence-electron chi connectivity index (χ1n) is 4.85. The molecule has 0 fully saturated rings. The third-order valence-corrected chi connectivity index (χ3v) is 3.02. The first-order valence-corrected chi connectivity index (χ1v) is 5.67. The molecule has 1 heterocycles. The van der Waals surface area contributed by atoms with E-state index in [2.05, 4.69) is 14.7 Å². The molecule has 0 aliphatic carbocycles. The minimum Gasteiger partial charge on any atom is -0.508 e. The van der Waals surface area contributed by atoms with Crippen LogP contribution in [0, 0.1) is 12.7 Å². The molecule has 88 valence electrons. The maximum atomic E-state index is 13.7. The van der Waals surface area contributed by atoms with Gasteiger partial charge in [0, 0.05) is 11.8 Å². The molecule has 0 amide bonds. The van der Waals surface area contributed by atoms with Crippen LogP contribution in [-0.4, -0.2) is 15.1 Å². The maximum absolute atomic E-state index is 13.7. The van der Waals surface area contributed by atoms with Gasteiger partial charge in [0.05, 0.1) is 4.90 Å². The number of hydrogen-bond acceptors (Lipinski definition) is 5. The molecule has 0 aliphatic rings. The summed E-state index contributed by atoms with van der Waals surface area (Å²) in [5.74, 6) is 0.112. The summed E-state index contributed by atoms with van der Waals surface area (Å²) in [6, 6.07) is 4.65. The van der Waals surface area contributed by atoms with Crippen LogP contribution in [0.2, 0.25) is 0 Å². The lowest BCUT2D eigenvalue weighted by Gasteiger charge is -2.07. The van der Waals surface area contributed by atoms with Crippen molar-refractivity contribution < 1.29 is 9.50 Å². The Morgan fingerprint density at radius 2 is 2.18 bits per heavy atom. The predicted octanol–water partition coefficient (Wildman–Crippen LogP) is 2.75. The molecule has 2 rings (SSSR count). The highest BCUT2D eigenvalue weighted by molar-refractivity contribution is 8.00. The van der Waals surface area contributed by atoms with Gasteiger partial charge < -0.3 is 9.83 Å². The maximum Gasteiger partial charge on any atom is 0.145 e. The summed E-state index contributed by atoms with van der Waals surface area (Å²) < 4.78 is 16.6. The quantitative estimate of drug-likeness (QED) is 0.821. The fraction of sp³-hybridized carbons (Fsp3) is 0.0909. The van der Waals surface area contributed by atoms with Crippen LogP contribution in [0.15, 0.2) is 35.6 Å². The molecule has 0 bridgehead atoms. The lowest BCUT2D eigenvalue weighted by molar-refractivity contribution is 0.460. The molecule has 0 radical (unpaired) electrons. The van der Waals surface area contributed by atoms with Crippen LogP contribution in [0.4, 0.5) is 10.2 Å². The zero-order chi connectivity index (χ0) is 12.3. The second kappa shape index (κ2) is 5.01. The summed E-state index contributed by atoms with van der Waals surface area (Å²) in [4.78, 5) is 8.13. The van der Waals surface area contributed by atoms with E-state index < -0.39 is 5.82 Å². The molecule has 0 unspecified atom stereocenters. The predicted molar refractivity (Wildman–Crippen MR) is 64.3 cm³/mol. The lowest BCUT2D eigenvalue weighted by Crippen LogP contribution is -1.93. The molecule has 6 heteroatoms. The van der Waals surface area contributed by atoms with E-state index in [9.17, 15) is 9.50 Å². The van der Waals surface area contributed by atoms with Crippen molar-refractivity contribution in [2.45, 2.75) is 11.8 Å². The van der Waals surface area contributed by atoms with E-state index in [0.29, 0.717) is 10.7 Å². The van der Waals surface area contributed by atoms with Gasteiger partial charge in [-0.1, -0.05) is 0 Å².